The van der Waals surface area contributed by atoms with Crippen molar-refractivity contribution in [3.63, 3.8) is 0 Å². The molecule has 0 atom stereocenters. The van der Waals surface area contributed by atoms with E-state index in [-0.39, 0.29) is 5.56 Å². The molecule has 1 N–H and O–H groups in total. The highest BCUT2D eigenvalue weighted by Crippen LogP contribution is 2.24. The van der Waals surface area contributed by atoms with Crippen LogP contribution >= 0.6 is 0 Å². The quantitative estimate of drug-likeness (QED) is 0.546. The molecule has 0 spiro atoms. The average molecular weight is 342 g/mol. The van der Waals surface area contributed by atoms with E-state index in [0.29, 0.717) is 36.1 Å². The van der Waals surface area contributed by atoms with Crippen LogP contribution in [0.2, 0.25) is 0 Å². The van der Waals surface area contributed by atoms with Crippen molar-refractivity contribution < 1.29 is 18.5 Å². The lowest BCUT2D eigenvalue weighted by atomic mass is 10.1. The first-order valence-electron chi connectivity index (χ1n) is 7.89. The molecular weight excluding hydrogens is 324 g/mol. The van der Waals surface area contributed by atoms with E-state index < -0.39 is 11.5 Å². The summed E-state index contributed by atoms with van der Waals surface area (Å²) in [5, 5.41) is 7.15. The molecule has 0 saturated carbocycles. The van der Waals surface area contributed by atoms with Crippen LogP contribution in [0.15, 0.2) is 44.1 Å². The van der Waals surface area contributed by atoms with Gasteiger partial charge in [-0.1, -0.05) is 17.3 Å². The van der Waals surface area contributed by atoms with E-state index in [1.165, 1.54) is 13.2 Å². The highest BCUT2D eigenvalue weighted by Gasteiger charge is 2.15. The average Bonchev–Trinajstić information content (AvgIpc) is 3.02. The molecule has 1 aromatic carbocycles. The third kappa shape index (κ3) is 3.71. The van der Waals surface area contributed by atoms with Crippen LogP contribution in [0.4, 0.5) is 0 Å². The summed E-state index contributed by atoms with van der Waals surface area (Å²) in [5.74, 6) is 0.750. The summed E-state index contributed by atoms with van der Waals surface area (Å²) < 4.78 is 15.5. The van der Waals surface area contributed by atoms with Crippen molar-refractivity contribution in [3.8, 4) is 5.75 Å². The topological polar surface area (TPSA) is 94.6 Å². The Balaban J connectivity index is 1.67. The second kappa shape index (κ2) is 7.21. The fourth-order valence-corrected chi connectivity index (χ4v) is 2.53. The van der Waals surface area contributed by atoms with Crippen LogP contribution in [0.3, 0.4) is 0 Å². The molecule has 0 bridgehead atoms. The Morgan fingerprint density at radius 2 is 2.16 bits per heavy atom. The van der Waals surface area contributed by atoms with Gasteiger partial charge in [0.15, 0.2) is 11.3 Å². The van der Waals surface area contributed by atoms with E-state index in [1.807, 2.05) is 13.0 Å². The van der Waals surface area contributed by atoms with E-state index in [1.54, 1.807) is 18.2 Å². The lowest BCUT2D eigenvalue weighted by Crippen LogP contribution is -2.29. The van der Waals surface area contributed by atoms with Gasteiger partial charge in [0.1, 0.15) is 11.3 Å². The molecular formula is C18H18N2O5. The second-order valence-corrected chi connectivity index (χ2v) is 5.62. The number of carbonyl (C=O) groups excluding carboxylic acids is 1. The number of nitrogens with one attached hydrogen (secondary N) is 1. The maximum Gasteiger partial charge on any atom is 0.349 e. The van der Waals surface area contributed by atoms with Crippen molar-refractivity contribution in [3.05, 3.63) is 57.8 Å². The summed E-state index contributed by atoms with van der Waals surface area (Å²) in [6, 6.07) is 8.58. The minimum absolute atomic E-state index is 0.0312. The molecule has 0 aliphatic heterocycles. The van der Waals surface area contributed by atoms with Gasteiger partial charge in [0.25, 0.3) is 5.91 Å². The molecule has 25 heavy (non-hydrogen) atoms. The first-order chi connectivity index (χ1) is 12.1. The Morgan fingerprint density at radius 1 is 1.32 bits per heavy atom. The van der Waals surface area contributed by atoms with Gasteiger partial charge in [-0.2, -0.15) is 0 Å². The largest absolute Gasteiger partial charge is 0.493 e. The van der Waals surface area contributed by atoms with Gasteiger partial charge in [-0.15, -0.1) is 0 Å². The molecule has 130 valence electrons. The van der Waals surface area contributed by atoms with Gasteiger partial charge < -0.3 is 19.0 Å². The van der Waals surface area contributed by atoms with Crippen molar-refractivity contribution in [2.24, 2.45) is 0 Å². The van der Waals surface area contributed by atoms with Gasteiger partial charge in [-0.25, -0.2) is 4.79 Å². The number of aryl methyl sites for hydroxylation is 2. The molecule has 2 aromatic heterocycles. The summed E-state index contributed by atoms with van der Waals surface area (Å²) in [5.41, 5.74) is 0.423. The van der Waals surface area contributed by atoms with E-state index >= 15 is 0 Å². The SMILES string of the molecule is COc1cccc2cc(C(=O)NCCCc3cc(C)no3)c(=O)oc12. The van der Waals surface area contributed by atoms with Crippen LogP contribution in [-0.4, -0.2) is 24.7 Å². The molecule has 7 nitrogen and oxygen atoms in total. The van der Waals surface area contributed by atoms with Gasteiger partial charge in [-0.3, -0.25) is 4.79 Å². The summed E-state index contributed by atoms with van der Waals surface area (Å²) in [6.45, 7) is 2.26. The summed E-state index contributed by atoms with van der Waals surface area (Å²) >= 11 is 0. The molecule has 3 aromatic rings. The van der Waals surface area contributed by atoms with Crippen LogP contribution in [0.25, 0.3) is 11.0 Å². The number of methoxy groups -OCH3 is 1. The van der Waals surface area contributed by atoms with Gasteiger partial charge in [-0.05, 0) is 25.5 Å². The molecule has 3 rings (SSSR count). The maximum atomic E-state index is 12.2. The molecule has 7 heteroatoms. The Morgan fingerprint density at radius 3 is 2.88 bits per heavy atom. The highest BCUT2D eigenvalue weighted by atomic mass is 16.5. The zero-order valence-corrected chi connectivity index (χ0v) is 14.0. The summed E-state index contributed by atoms with van der Waals surface area (Å²) in [7, 11) is 1.49. The van der Waals surface area contributed by atoms with Crippen LogP contribution < -0.4 is 15.7 Å². The number of hydrogen-bond acceptors (Lipinski definition) is 6. The number of amides is 1. The monoisotopic (exact) mass is 342 g/mol. The smallest absolute Gasteiger partial charge is 0.349 e. The van der Waals surface area contributed by atoms with Crippen molar-refractivity contribution in [1.82, 2.24) is 10.5 Å². The van der Waals surface area contributed by atoms with Crippen LogP contribution in [-0.2, 0) is 6.42 Å². The van der Waals surface area contributed by atoms with Crippen molar-refractivity contribution >= 4 is 16.9 Å². The highest BCUT2D eigenvalue weighted by molar-refractivity contribution is 5.97. The minimum Gasteiger partial charge on any atom is -0.493 e. The second-order valence-electron chi connectivity index (χ2n) is 5.62. The molecule has 0 aliphatic rings. The van der Waals surface area contributed by atoms with Crippen LogP contribution in [0.1, 0.15) is 28.2 Å². The Bertz CT molecular complexity index is 957. The third-order valence-electron chi connectivity index (χ3n) is 3.75. The van der Waals surface area contributed by atoms with E-state index in [2.05, 4.69) is 10.5 Å². The van der Waals surface area contributed by atoms with Gasteiger partial charge >= 0.3 is 5.63 Å². The van der Waals surface area contributed by atoms with E-state index in [4.69, 9.17) is 13.7 Å². The van der Waals surface area contributed by atoms with Crippen molar-refractivity contribution in [2.75, 3.05) is 13.7 Å². The summed E-state index contributed by atoms with van der Waals surface area (Å²) in [6.07, 6.45) is 1.33. The molecule has 0 saturated heterocycles. The molecule has 0 unspecified atom stereocenters. The predicted molar refractivity (Wildman–Crippen MR) is 90.9 cm³/mol. The minimum atomic E-state index is -0.694. The number of hydrogen-bond donors (Lipinski definition) is 1. The number of aromatic nitrogens is 1. The zero-order valence-electron chi connectivity index (χ0n) is 14.0. The fraction of sp³-hybridized carbons (Fsp3) is 0.278. The van der Waals surface area contributed by atoms with Gasteiger partial charge in [0.2, 0.25) is 0 Å². The Hall–Kier alpha value is -3.09. The fourth-order valence-electron chi connectivity index (χ4n) is 2.53. The maximum absolute atomic E-state index is 12.2. The zero-order chi connectivity index (χ0) is 17.8. The first kappa shape index (κ1) is 16.8. The van der Waals surface area contributed by atoms with Crippen molar-refractivity contribution in [2.45, 2.75) is 19.8 Å². The van der Waals surface area contributed by atoms with E-state index in [9.17, 15) is 9.59 Å². The number of nitrogens with zero attached hydrogens (tertiary/aromatic N) is 1. The van der Waals surface area contributed by atoms with Crippen molar-refractivity contribution in [1.29, 1.82) is 0 Å². The first-order valence-corrected chi connectivity index (χ1v) is 7.89. The molecule has 0 aliphatic carbocycles. The van der Waals surface area contributed by atoms with Gasteiger partial charge in [0.05, 0.1) is 12.8 Å². The number of ether oxygens (including phenoxy) is 1. The normalized spacial score (nSPS) is 10.8. The molecule has 0 fully saturated rings. The Kier molecular flexibility index (Phi) is 4.83. The van der Waals surface area contributed by atoms with Crippen LogP contribution in [0, 0.1) is 6.92 Å². The predicted octanol–water partition coefficient (Wildman–Crippen LogP) is 2.46. The lowest BCUT2D eigenvalue weighted by Gasteiger charge is -2.06. The lowest BCUT2D eigenvalue weighted by molar-refractivity contribution is 0.0949. The van der Waals surface area contributed by atoms with Crippen LogP contribution in [0.5, 0.6) is 5.75 Å². The number of rotatable bonds is 6. The molecule has 2 heterocycles. The number of para-hydroxylation sites is 1. The van der Waals surface area contributed by atoms with E-state index in [0.717, 1.165) is 11.5 Å². The standard InChI is InChI=1S/C18H18N2O5/c1-11-9-13(25-20-11)6-4-8-19-17(21)14-10-12-5-3-7-15(23-2)16(12)24-18(14)22/h3,5,7,9-10H,4,6,8H2,1-2H3,(H,19,21). The molecule has 0 radical (unpaired) electrons. The van der Waals surface area contributed by atoms with Gasteiger partial charge in [0, 0.05) is 24.4 Å². The third-order valence-corrected chi connectivity index (χ3v) is 3.75. The number of fused-ring (bicyclic) bond motifs is 1. The Labute approximate surface area is 143 Å². The summed E-state index contributed by atoms with van der Waals surface area (Å²) in [4.78, 5) is 24.3. The number of carbonyl (C=O) groups is 1. The number of benzene rings is 1. The molecule has 1 amide bonds.